The number of nitrogens with zero attached hydrogens (tertiary/aromatic N) is 2. The summed E-state index contributed by atoms with van der Waals surface area (Å²) in [6.45, 7) is 5.72. The van der Waals surface area contributed by atoms with Crippen LogP contribution in [0.4, 0.5) is 11.4 Å². The molecule has 7 heteroatoms. The molecule has 0 aromatic heterocycles. The van der Waals surface area contributed by atoms with Crippen LogP contribution in [0.1, 0.15) is 38.9 Å². The number of fused-ring (bicyclic) bond motifs is 5. The molecule has 1 saturated heterocycles. The molecule has 1 aliphatic heterocycles. The minimum absolute atomic E-state index is 0.158. The number of rotatable bonds is 6. The van der Waals surface area contributed by atoms with E-state index in [0.717, 1.165) is 27.2 Å². The first kappa shape index (κ1) is 30.4. The van der Waals surface area contributed by atoms with Crippen molar-refractivity contribution in [1.29, 1.82) is 0 Å². The molecule has 5 aromatic rings. The van der Waals surface area contributed by atoms with E-state index in [1.807, 2.05) is 123 Å². The van der Waals surface area contributed by atoms with E-state index >= 15 is 14.4 Å². The van der Waals surface area contributed by atoms with Gasteiger partial charge in [-0.1, -0.05) is 126 Å². The number of ketones is 1. The summed E-state index contributed by atoms with van der Waals surface area (Å²) in [7, 11) is 0. The summed E-state index contributed by atoms with van der Waals surface area (Å²) in [5, 5.41) is 11.9. The highest BCUT2D eigenvalue weighted by atomic mass is 16.6. The van der Waals surface area contributed by atoms with Crippen molar-refractivity contribution in [3.63, 3.8) is 0 Å². The van der Waals surface area contributed by atoms with Gasteiger partial charge in [-0.15, -0.1) is 0 Å². The molecular formula is C42H32N2O5. The zero-order valence-corrected chi connectivity index (χ0v) is 27.2. The molecule has 1 heterocycles. The predicted molar refractivity (Wildman–Crippen MR) is 188 cm³/mol. The largest absolute Gasteiger partial charge is 0.297 e. The van der Waals surface area contributed by atoms with Crippen LogP contribution in [0.25, 0.3) is 11.1 Å². The second-order valence-electron chi connectivity index (χ2n) is 13.4. The van der Waals surface area contributed by atoms with Gasteiger partial charge in [0.15, 0.2) is 5.78 Å². The van der Waals surface area contributed by atoms with Crippen molar-refractivity contribution in [3.8, 4) is 0 Å². The molecule has 0 spiro atoms. The van der Waals surface area contributed by atoms with Crippen LogP contribution >= 0.6 is 0 Å². The van der Waals surface area contributed by atoms with Crippen LogP contribution in [-0.2, 0) is 25.2 Å². The van der Waals surface area contributed by atoms with Gasteiger partial charge in [0.05, 0.1) is 33.3 Å². The number of imide groups is 1. The summed E-state index contributed by atoms with van der Waals surface area (Å²) in [6, 6.07) is 38.8. The highest BCUT2D eigenvalue weighted by molar-refractivity contribution is 6.39. The van der Waals surface area contributed by atoms with Crippen LogP contribution in [-0.4, -0.2) is 22.5 Å². The quantitative estimate of drug-likeness (QED) is 0.107. The Morgan fingerprint density at radius 2 is 1.02 bits per heavy atom. The summed E-state index contributed by atoms with van der Waals surface area (Å²) >= 11 is 0. The van der Waals surface area contributed by atoms with Crippen molar-refractivity contribution in [1.82, 2.24) is 0 Å². The summed E-state index contributed by atoms with van der Waals surface area (Å²) in [6.07, 6.45) is 0. The number of nitro groups is 1. The van der Waals surface area contributed by atoms with Crippen LogP contribution < -0.4 is 4.90 Å². The van der Waals surface area contributed by atoms with Crippen molar-refractivity contribution in [2.45, 2.75) is 31.6 Å². The Labute approximate surface area is 283 Å². The molecule has 3 aliphatic rings. The average molecular weight is 645 g/mol. The highest BCUT2D eigenvalue weighted by Crippen LogP contribution is 2.74. The Bertz CT molecular complexity index is 2120. The highest BCUT2D eigenvalue weighted by Gasteiger charge is 2.82. The third-order valence-electron chi connectivity index (χ3n) is 10.8. The lowest BCUT2D eigenvalue weighted by atomic mass is 9.59. The molecule has 2 aliphatic carbocycles. The van der Waals surface area contributed by atoms with E-state index in [2.05, 4.69) is 0 Å². The fraction of sp³-hybridized carbons (Fsp3) is 0.167. The maximum Gasteiger partial charge on any atom is 0.271 e. The van der Waals surface area contributed by atoms with Gasteiger partial charge in [-0.25, -0.2) is 4.90 Å². The van der Waals surface area contributed by atoms with E-state index in [0.29, 0.717) is 27.8 Å². The molecule has 4 atom stereocenters. The van der Waals surface area contributed by atoms with Crippen molar-refractivity contribution >= 4 is 40.1 Å². The van der Waals surface area contributed by atoms with Crippen LogP contribution in [0.3, 0.4) is 0 Å². The van der Waals surface area contributed by atoms with Crippen LogP contribution in [0.15, 0.2) is 127 Å². The van der Waals surface area contributed by atoms with Crippen LogP contribution in [0, 0.1) is 42.7 Å². The molecule has 240 valence electrons. The molecule has 8 rings (SSSR count). The van der Waals surface area contributed by atoms with Gasteiger partial charge in [0, 0.05) is 12.1 Å². The number of nitro benzene ring substituents is 1. The molecule has 2 fully saturated rings. The van der Waals surface area contributed by atoms with Gasteiger partial charge < -0.3 is 0 Å². The molecule has 0 radical (unpaired) electrons. The second-order valence-corrected chi connectivity index (χ2v) is 13.4. The zero-order chi connectivity index (χ0) is 34.2. The predicted octanol–water partition coefficient (Wildman–Crippen LogP) is 7.71. The van der Waals surface area contributed by atoms with E-state index < -0.39 is 39.4 Å². The Hall–Kier alpha value is -5.95. The lowest BCUT2D eigenvalue weighted by molar-refractivity contribution is -0.384. The topological polar surface area (TPSA) is 97.6 Å². The Kier molecular flexibility index (Phi) is 6.69. The number of anilines is 1. The fourth-order valence-corrected chi connectivity index (χ4v) is 8.75. The van der Waals surface area contributed by atoms with E-state index in [-0.39, 0.29) is 17.2 Å². The Morgan fingerprint density at radius 1 is 0.592 bits per heavy atom. The SMILES string of the molecule is Cc1ccc(C2=C(c3ccc(C)cc3)[C@@]3(c4ccccc4)C(=O)[C@@]2(c2ccccc2)[C@@H]2C(=O)N(c4cc([N+](=O)[O-])ccc4C)C(=O)[C@@H]23)cc1. The van der Waals surface area contributed by atoms with Crippen molar-refractivity contribution < 1.29 is 19.3 Å². The number of non-ortho nitro benzene ring substituents is 1. The number of amides is 2. The summed E-state index contributed by atoms with van der Waals surface area (Å²) in [5.41, 5.74) is 3.71. The number of Topliss-reactive ketones (excluding diaryl/α,β-unsaturated/α-hetero) is 1. The fourth-order valence-electron chi connectivity index (χ4n) is 8.75. The number of benzene rings is 5. The Balaban J connectivity index is 1.54. The maximum absolute atomic E-state index is 16.0. The molecule has 2 bridgehead atoms. The summed E-state index contributed by atoms with van der Waals surface area (Å²) in [4.78, 5) is 58.9. The van der Waals surface area contributed by atoms with Gasteiger partial charge in [0.25, 0.3) is 5.69 Å². The lowest BCUT2D eigenvalue weighted by Gasteiger charge is -2.39. The summed E-state index contributed by atoms with van der Waals surface area (Å²) < 4.78 is 0. The van der Waals surface area contributed by atoms with Crippen molar-refractivity contribution in [3.05, 3.63) is 176 Å². The number of aryl methyl sites for hydroxylation is 3. The van der Waals surface area contributed by atoms with E-state index in [9.17, 15) is 10.1 Å². The average Bonchev–Trinajstić information content (AvgIpc) is 3.62. The van der Waals surface area contributed by atoms with E-state index in [1.54, 1.807) is 13.0 Å². The molecular weight excluding hydrogens is 612 g/mol. The third-order valence-corrected chi connectivity index (χ3v) is 10.8. The van der Waals surface area contributed by atoms with E-state index in [4.69, 9.17) is 0 Å². The molecule has 0 unspecified atom stereocenters. The first-order chi connectivity index (χ1) is 23.6. The summed E-state index contributed by atoms with van der Waals surface area (Å²) in [5.74, 6) is -3.52. The molecule has 49 heavy (non-hydrogen) atoms. The molecule has 2 amide bonds. The van der Waals surface area contributed by atoms with Gasteiger partial charge in [-0.2, -0.15) is 0 Å². The monoisotopic (exact) mass is 644 g/mol. The third kappa shape index (κ3) is 3.93. The Morgan fingerprint density at radius 3 is 1.43 bits per heavy atom. The number of carbonyl (C=O) groups excluding carboxylic acids is 3. The molecule has 0 N–H and O–H groups in total. The smallest absolute Gasteiger partial charge is 0.271 e. The number of hydrogen-bond acceptors (Lipinski definition) is 5. The van der Waals surface area contributed by atoms with Gasteiger partial charge >= 0.3 is 0 Å². The first-order valence-electron chi connectivity index (χ1n) is 16.3. The normalized spacial score (nSPS) is 24.1. The molecule has 1 saturated carbocycles. The number of hydrogen-bond donors (Lipinski definition) is 0. The van der Waals surface area contributed by atoms with Gasteiger partial charge in [-0.3, -0.25) is 24.5 Å². The number of allylic oxidation sites excluding steroid dienone is 2. The first-order valence-corrected chi connectivity index (χ1v) is 16.3. The van der Waals surface area contributed by atoms with Gasteiger partial charge in [0.2, 0.25) is 11.8 Å². The minimum atomic E-state index is -1.55. The van der Waals surface area contributed by atoms with Gasteiger partial charge in [0.1, 0.15) is 0 Å². The van der Waals surface area contributed by atoms with Crippen LogP contribution in [0.2, 0.25) is 0 Å². The molecule has 5 aromatic carbocycles. The van der Waals surface area contributed by atoms with Gasteiger partial charge in [-0.05, 0) is 59.7 Å². The van der Waals surface area contributed by atoms with E-state index in [1.165, 1.54) is 12.1 Å². The standard InChI is InChI=1S/C42H32N2O5/c1-25-14-19-28(20-15-25)34-35(29-21-16-26(2)17-22-29)42(31-12-8-5-9-13-31)37-36(41(34,40(42)47)30-10-6-4-7-11-30)38(45)43(39(37)46)33-24-32(44(48)49)23-18-27(33)3/h4-24,36-37H,1-3H3/t36-,37+,41-,42-/m1/s1. The second kappa shape index (κ2) is 10.8. The lowest BCUT2D eigenvalue weighted by Crippen LogP contribution is -2.45. The molecule has 7 nitrogen and oxygen atoms in total. The van der Waals surface area contributed by atoms with Crippen molar-refractivity contribution in [2.75, 3.05) is 4.90 Å². The zero-order valence-electron chi connectivity index (χ0n) is 27.2. The van der Waals surface area contributed by atoms with Crippen molar-refractivity contribution in [2.24, 2.45) is 11.8 Å². The maximum atomic E-state index is 16.0. The minimum Gasteiger partial charge on any atom is -0.297 e. The number of carbonyl (C=O) groups is 3. The van der Waals surface area contributed by atoms with Crippen LogP contribution in [0.5, 0.6) is 0 Å².